The molecule has 0 spiro atoms. The van der Waals surface area contributed by atoms with Crippen LogP contribution in [0.5, 0.6) is 0 Å². The highest BCUT2D eigenvalue weighted by atomic mass is 32.2. The first-order valence-electron chi connectivity index (χ1n) is 7.24. The molecule has 0 aromatic carbocycles. The number of amides is 2. The highest BCUT2D eigenvalue weighted by Gasteiger charge is 2.27. The van der Waals surface area contributed by atoms with E-state index in [4.69, 9.17) is 0 Å². The summed E-state index contributed by atoms with van der Waals surface area (Å²) in [6.07, 6.45) is 3.61. The molecule has 1 aliphatic carbocycles. The molecule has 0 bridgehead atoms. The van der Waals surface area contributed by atoms with E-state index < -0.39 is 0 Å². The van der Waals surface area contributed by atoms with Crippen LogP contribution in [0.3, 0.4) is 0 Å². The minimum atomic E-state index is -0.190. The number of nitrogens with one attached hydrogen (secondary N) is 2. The van der Waals surface area contributed by atoms with Crippen LogP contribution in [0.4, 0.5) is 0 Å². The molecule has 124 valence electrons. The maximum atomic E-state index is 11.8. The van der Waals surface area contributed by atoms with Crippen molar-refractivity contribution in [1.82, 2.24) is 10.6 Å². The average molecular weight is 346 g/mol. The van der Waals surface area contributed by atoms with Gasteiger partial charge in [-0.15, -0.1) is 0 Å². The van der Waals surface area contributed by atoms with Gasteiger partial charge in [0.1, 0.15) is 0 Å². The van der Waals surface area contributed by atoms with Gasteiger partial charge in [0.05, 0.1) is 11.5 Å². The van der Waals surface area contributed by atoms with Crippen molar-refractivity contribution in [2.75, 3.05) is 11.5 Å². The summed E-state index contributed by atoms with van der Waals surface area (Å²) in [5.41, 5.74) is 0. The first kappa shape index (κ1) is 19.0. The molecule has 0 heterocycles. The first-order valence-corrected chi connectivity index (χ1v) is 9.21. The van der Waals surface area contributed by atoms with Gasteiger partial charge in [-0.3, -0.25) is 19.2 Å². The van der Waals surface area contributed by atoms with Crippen LogP contribution in [0.1, 0.15) is 39.5 Å². The Kier molecular flexibility index (Phi) is 8.55. The fourth-order valence-electron chi connectivity index (χ4n) is 2.31. The second-order valence-electron chi connectivity index (χ2n) is 5.19. The summed E-state index contributed by atoms with van der Waals surface area (Å²) in [6, 6.07) is -0.222. The van der Waals surface area contributed by atoms with E-state index in [2.05, 4.69) is 10.6 Å². The van der Waals surface area contributed by atoms with E-state index in [1.807, 2.05) is 0 Å². The second-order valence-corrected chi connectivity index (χ2v) is 7.50. The van der Waals surface area contributed by atoms with E-state index in [0.717, 1.165) is 49.2 Å². The molecule has 2 N–H and O–H groups in total. The predicted molar refractivity (Wildman–Crippen MR) is 88.6 cm³/mol. The predicted octanol–water partition coefficient (Wildman–Crippen LogP) is 1.09. The summed E-state index contributed by atoms with van der Waals surface area (Å²) in [4.78, 5) is 45.4. The van der Waals surface area contributed by atoms with Gasteiger partial charge in [0.25, 0.3) is 0 Å². The lowest BCUT2D eigenvalue weighted by atomic mass is 9.90. The molecular formula is C14H22N2O4S2. The molecular weight excluding hydrogens is 324 g/mol. The maximum absolute atomic E-state index is 11.8. The average Bonchev–Trinajstić information content (AvgIpc) is 2.45. The van der Waals surface area contributed by atoms with Crippen molar-refractivity contribution in [3.05, 3.63) is 0 Å². The Morgan fingerprint density at radius 1 is 0.818 bits per heavy atom. The smallest absolute Gasteiger partial charge is 0.230 e. The number of rotatable bonds is 6. The summed E-state index contributed by atoms with van der Waals surface area (Å²) >= 11 is 1.95. The van der Waals surface area contributed by atoms with E-state index in [1.54, 1.807) is 0 Å². The van der Waals surface area contributed by atoms with Gasteiger partial charge in [-0.25, -0.2) is 0 Å². The van der Waals surface area contributed by atoms with Crippen LogP contribution in [-0.4, -0.2) is 45.6 Å². The number of carbonyl (C=O) groups excluding carboxylic acids is 4. The van der Waals surface area contributed by atoms with Crippen LogP contribution in [0, 0.1) is 0 Å². The standard InChI is InChI=1S/C14H22N2O4S2/c1-9(17)21-7-13(19)15-11-5-3-4-6-12(11)16-14(20)8-22-10(2)18/h11-12H,3-8H2,1-2H3,(H,15,19)(H,16,20)/t11-,12-/m0/s1. The van der Waals surface area contributed by atoms with Crippen LogP contribution < -0.4 is 10.6 Å². The first-order chi connectivity index (χ1) is 10.4. The summed E-state index contributed by atoms with van der Waals surface area (Å²) in [7, 11) is 0. The summed E-state index contributed by atoms with van der Waals surface area (Å²) in [5.74, 6) is -0.173. The van der Waals surface area contributed by atoms with E-state index >= 15 is 0 Å². The molecule has 0 aliphatic heterocycles. The monoisotopic (exact) mass is 346 g/mol. The Morgan fingerprint density at radius 3 is 1.50 bits per heavy atom. The fourth-order valence-corrected chi connectivity index (χ4v) is 3.14. The molecule has 0 aromatic rings. The lowest BCUT2D eigenvalue weighted by molar-refractivity contribution is -0.122. The maximum Gasteiger partial charge on any atom is 0.230 e. The van der Waals surface area contributed by atoms with Crippen molar-refractivity contribution in [1.29, 1.82) is 0 Å². The molecule has 6 nitrogen and oxygen atoms in total. The third-order valence-corrected chi connectivity index (χ3v) is 4.90. The molecule has 8 heteroatoms. The number of thioether (sulfide) groups is 2. The van der Waals surface area contributed by atoms with Gasteiger partial charge in [-0.05, 0) is 12.8 Å². The summed E-state index contributed by atoms with van der Waals surface area (Å²) in [5, 5.41) is 5.60. The largest absolute Gasteiger partial charge is 0.351 e. The molecule has 0 unspecified atom stereocenters. The minimum absolute atomic E-state index is 0.0927. The Hall–Kier alpha value is -1.02. The zero-order chi connectivity index (χ0) is 16.5. The Labute approximate surface area is 138 Å². The van der Waals surface area contributed by atoms with Gasteiger partial charge in [0.15, 0.2) is 10.2 Å². The zero-order valence-electron chi connectivity index (χ0n) is 12.8. The number of hydrogen-bond acceptors (Lipinski definition) is 6. The molecule has 1 aliphatic rings. The van der Waals surface area contributed by atoms with E-state index in [0.29, 0.717) is 0 Å². The van der Waals surface area contributed by atoms with Gasteiger partial charge < -0.3 is 10.6 Å². The van der Waals surface area contributed by atoms with Gasteiger partial charge in [-0.2, -0.15) is 0 Å². The van der Waals surface area contributed by atoms with Crippen molar-refractivity contribution < 1.29 is 19.2 Å². The molecule has 2 amide bonds. The van der Waals surface area contributed by atoms with Crippen molar-refractivity contribution in [3.8, 4) is 0 Å². The van der Waals surface area contributed by atoms with Crippen LogP contribution in [-0.2, 0) is 19.2 Å². The lowest BCUT2D eigenvalue weighted by Crippen LogP contribution is -2.53. The zero-order valence-corrected chi connectivity index (χ0v) is 14.5. The van der Waals surface area contributed by atoms with Crippen LogP contribution in [0.2, 0.25) is 0 Å². The van der Waals surface area contributed by atoms with Crippen LogP contribution >= 0.6 is 23.5 Å². The molecule has 0 saturated heterocycles. The van der Waals surface area contributed by atoms with E-state index in [-0.39, 0.29) is 45.6 Å². The minimum Gasteiger partial charge on any atom is -0.351 e. The Bertz CT molecular complexity index is 403. The molecule has 2 atom stereocenters. The van der Waals surface area contributed by atoms with E-state index in [1.165, 1.54) is 13.8 Å². The molecule has 0 radical (unpaired) electrons. The van der Waals surface area contributed by atoms with Crippen molar-refractivity contribution in [3.63, 3.8) is 0 Å². The quantitative estimate of drug-likeness (QED) is 0.748. The second kappa shape index (κ2) is 9.89. The SMILES string of the molecule is CC(=O)SCC(=O)N[C@H]1CCCC[C@@H]1NC(=O)CSC(C)=O. The Balaban J connectivity index is 2.45. The third kappa shape index (κ3) is 7.84. The molecule has 1 rings (SSSR count). The van der Waals surface area contributed by atoms with E-state index in [9.17, 15) is 19.2 Å². The summed E-state index contributed by atoms with van der Waals surface area (Å²) < 4.78 is 0. The van der Waals surface area contributed by atoms with Crippen LogP contribution in [0.15, 0.2) is 0 Å². The van der Waals surface area contributed by atoms with Gasteiger partial charge in [-0.1, -0.05) is 36.4 Å². The fraction of sp³-hybridized carbons (Fsp3) is 0.714. The lowest BCUT2D eigenvalue weighted by Gasteiger charge is -2.32. The third-order valence-electron chi connectivity index (χ3n) is 3.27. The molecule has 1 fully saturated rings. The van der Waals surface area contributed by atoms with Crippen molar-refractivity contribution in [2.45, 2.75) is 51.6 Å². The summed E-state index contributed by atoms with van der Waals surface area (Å²) in [6.45, 7) is 2.85. The normalized spacial score (nSPS) is 21.0. The highest BCUT2D eigenvalue weighted by molar-refractivity contribution is 8.14. The van der Waals surface area contributed by atoms with Crippen LogP contribution in [0.25, 0.3) is 0 Å². The highest BCUT2D eigenvalue weighted by Crippen LogP contribution is 2.19. The van der Waals surface area contributed by atoms with Gasteiger partial charge >= 0.3 is 0 Å². The number of hydrogen-bond donors (Lipinski definition) is 2. The van der Waals surface area contributed by atoms with Crippen molar-refractivity contribution in [2.24, 2.45) is 0 Å². The van der Waals surface area contributed by atoms with Crippen molar-refractivity contribution >= 4 is 45.6 Å². The number of carbonyl (C=O) groups is 4. The molecule has 1 saturated carbocycles. The molecule has 22 heavy (non-hydrogen) atoms. The topological polar surface area (TPSA) is 92.3 Å². The Morgan fingerprint density at radius 2 is 1.18 bits per heavy atom. The van der Waals surface area contributed by atoms with Gasteiger partial charge in [0, 0.05) is 25.9 Å². The molecule has 0 aromatic heterocycles. The van der Waals surface area contributed by atoms with Gasteiger partial charge in [0.2, 0.25) is 11.8 Å².